The Hall–Kier alpha value is -0.620. The molecule has 0 saturated carbocycles. The summed E-state index contributed by atoms with van der Waals surface area (Å²) >= 11 is 0. The molecule has 102 valence electrons. The van der Waals surface area contributed by atoms with Crippen molar-refractivity contribution in [1.82, 2.24) is 5.32 Å². The van der Waals surface area contributed by atoms with Crippen LogP contribution >= 0.6 is 0 Å². The largest absolute Gasteiger partial charge is 0.352 e. The Kier molecular flexibility index (Phi) is 6.12. The molecule has 0 aromatic carbocycles. The highest BCUT2D eigenvalue weighted by molar-refractivity contribution is 7.90. The first-order valence-corrected chi connectivity index (χ1v) is 7.92. The van der Waals surface area contributed by atoms with Crippen LogP contribution in [0, 0.1) is 0 Å². The molecule has 0 aliphatic carbocycles. The van der Waals surface area contributed by atoms with E-state index in [2.05, 4.69) is 5.32 Å². The van der Waals surface area contributed by atoms with Crippen LogP contribution in [0.4, 0.5) is 0 Å². The van der Waals surface area contributed by atoms with Gasteiger partial charge in [0.1, 0.15) is 9.84 Å². The van der Waals surface area contributed by atoms with Crippen LogP contribution in [-0.2, 0) is 14.6 Å². The number of hydrogen-bond donors (Lipinski definition) is 2. The molecule has 5 nitrogen and oxygen atoms in total. The van der Waals surface area contributed by atoms with E-state index in [0.29, 0.717) is 12.8 Å². The van der Waals surface area contributed by atoms with E-state index >= 15 is 0 Å². The lowest BCUT2D eigenvalue weighted by molar-refractivity contribution is -0.126. The number of amides is 1. The van der Waals surface area contributed by atoms with Gasteiger partial charge in [0.15, 0.2) is 0 Å². The molecule has 0 bridgehead atoms. The normalized spacial score (nSPS) is 17.2. The summed E-state index contributed by atoms with van der Waals surface area (Å²) in [6.45, 7) is 5.44. The van der Waals surface area contributed by atoms with E-state index in [9.17, 15) is 13.2 Å². The van der Waals surface area contributed by atoms with Gasteiger partial charge in [0.2, 0.25) is 5.91 Å². The molecule has 6 heteroatoms. The van der Waals surface area contributed by atoms with Gasteiger partial charge in [-0.2, -0.15) is 0 Å². The lowest BCUT2D eigenvalue weighted by atomic mass is 9.96. The predicted octanol–water partition coefficient (Wildman–Crippen LogP) is 0.443. The molecule has 0 radical (unpaired) electrons. The minimum atomic E-state index is -2.98. The lowest BCUT2D eigenvalue weighted by Crippen LogP contribution is -2.53. The second kappa shape index (κ2) is 6.35. The summed E-state index contributed by atoms with van der Waals surface area (Å²) in [5.74, 6) is -0.149. The van der Waals surface area contributed by atoms with Crippen LogP contribution in [0.25, 0.3) is 0 Å². The van der Waals surface area contributed by atoms with Crippen molar-refractivity contribution in [2.24, 2.45) is 5.73 Å². The van der Waals surface area contributed by atoms with Gasteiger partial charge in [0.25, 0.3) is 0 Å². The molecular weight excluding hydrogens is 240 g/mol. The summed E-state index contributed by atoms with van der Waals surface area (Å²) < 4.78 is 22.0. The topological polar surface area (TPSA) is 89.3 Å². The molecular formula is C11H24N2O3S. The van der Waals surface area contributed by atoms with E-state index in [-0.39, 0.29) is 17.7 Å². The van der Waals surface area contributed by atoms with Crippen LogP contribution in [0.15, 0.2) is 0 Å². The number of hydrogen-bond acceptors (Lipinski definition) is 4. The van der Waals surface area contributed by atoms with Gasteiger partial charge in [-0.1, -0.05) is 13.3 Å². The van der Waals surface area contributed by atoms with E-state index < -0.39 is 15.4 Å². The fraction of sp³-hybridized carbons (Fsp3) is 0.909. The number of rotatable bonds is 7. The van der Waals surface area contributed by atoms with Crippen molar-refractivity contribution in [3.63, 3.8) is 0 Å². The molecule has 1 amide bonds. The van der Waals surface area contributed by atoms with Crippen LogP contribution in [0.2, 0.25) is 0 Å². The molecule has 0 spiro atoms. The Balaban J connectivity index is 4.21. The molecule has 3 N–H and O–H groups in total. The fourth-order valence-corrected chi connectivity index (χ4v) is 2.27. The summed E-state index contributed by atoms with van der Waals surface area (Å²) in [7, 11) is -2.98. The van der Waals surface area contributed by atoms with Gasteiger partial charge in [-0.15, -0.1) is 0 Å². The van der Waals surface area contributed by atoms with Crippen LogP contribution in [0.1, 0.15) is 40.0 Å². The molecule has 0 rings (SSSR count). The maximum Gasteiger partial charge on any atom is 0.240 e. The molecule has 0 aliphatic rings. The second-order valence-corrected chi connectivity index (χ2v) is 7.22. The minimum Gasteiger partial charge on any atom is -0.352 e. The van der Waals surface area contributed by atoms with Crippen LogP contribution in [0.5, 0.6) is 0 Å². The Labute approximate surface area is 104 Å². The molecule has 0 heterocycles. The fourth-order valence-electron chi connectivity index (χ4n) is 1.48. The van der Waals surface area contributed by atoms with Gasteiger partial charge < -0.3 is 11.1 Å². The Morgan fingerprint density at radius 1 is 1.47 bits per heavy atom. The average Bonchev–Trinajstić information content (AvgIpc) is 2.13. The Morgan fingerprint density at radius 2 is 2.00 bits per heavy atom. The van der Waals surface area contributed by atoms with Crippen molar-refractivity contribution in [3.05, 3.63) is 0 Å². The quantitative estimate of drug-likeness (QED) is 0.698. The molecule has 0 aliphatic heterocycles. The SMILES string of the molecule is CCCC(C)(N)C(=O)NC(C)CCS(C)(=O)=O. The predicted molar refractivity (Wildman–Crippen MR) is 69.4 cm³/mol. The summed E-state index contributed by atoms with van der Waals surface area (Å²) in [5, 5.41) is 2.75. The highest BCUT2D eigenvalue weighted by Gasteiger charge is 2.28. The molecule has 0 saturated heterocycles. The van der Waals surface area contributed by atoms with E-state index in [0.717, 1.165) is 6.42 Å². The third-order valence-corrected chi connectivity index (χ3v) is 3.56. The number of carbonyl (C=O) groups excluding carboxylic acids is 1. The number of sulfone groups is 1. The van der Waals surface area contributed by atoms with Crippen molar-refractivity contribution in [3.8, 4) is 0 Å². The van der Waals surface area contributed by atoms with Gasteiger partial charge in [0.05, 0.1) is 11.3 Å². The standard InChI is InChI=1S/C11H24N2O3S/c1-5-7-11(3,12)10(14)13-9(2)6-8-17(4,15)16/h9H,5-8,12H2,1-4H3,(H,13,14). The summed E-state index contributed by atoms with van der Waals surface area (Å²) in [5.41, 5.74) is 4.99. The number of nitrogens with two attached hydrogens (primary N) is 1. The van der Waals surface area contributed by atoms with E-state index in [1.165, 1.54) is 6.26 Å². The van der Waals surface area contributed by atoms with Gasteiger partial charge in [-0.3, -0.25) is 4.79 Å². The van der Waals surface area contributed by atoms with Gasteiger partial charge in [0, 0.05) is 12.3 Å². The zero-order chi connectivity index (χ0) is 13.7. The Bertz CT molecular complexity index is 350. The first kappa shape index (κ1) is 16.4. The third kappa shape index (κ3) is 7.33. The minimum absolute atomic E-state index is 0.0729. The molecule has 0 fully saturated rings. The summed E-state index contributed by atoms with van der Waals surface area (Å²) in [6, 6.07) is -0.183. The maximum atomic E-state index is 11.8. The van der Waals surface area contributed by atoms with Crippen LogP contribution < -0.4 is 11.1 Å². The third-order valence-electron chi connectivity index (χ3n) is 2.59. The van der Waals surface area contributed by atoms with Gasteiger partial charge in [-0.05, 0) is 26.7 Å². The highest BCUT2D eigenvalue weighted by Crippen LogP contribution is 2.09. The van der Waals surface area contributed by atoms with Crippen LogP contribution in [-0.4, -0.2) is 37.9 Å². The maximum absolute atomic E-state index is 11.8. The summed E-state index contributed by atoms with van der Waals surface area (Å²) in [6.07, 6.45) is 3.04. The molecule has 17 heavy (non-hydrogen) atoms. The number of nitrogens with one attached hydrogen (secondary N) is 1. The number of carbonyl (C=O) groups is 1. The van der Waals surface area contributed by atoms with E-state index in [4.69, 9.17) is 5.73 Å². The van der Waals surface area contributed by atoms with E-state index in [1.54, 1.807) is 13.8 Å². The average molecular weight is 264 g/mol. The van der Waals surface area contributed by atoms with Crippen molar-refractivity contribution in [2.75, 3.05) is 12.0 Å². The molecule has 2 atom stereocenters. The zero-order valence-corrected chi connectivity index (χ0v) is 11.9. The lowest BCUT2D eigenvalue weighted by Gasteiger charge is -2.25. The first-order chi connectivity index (χ1) is 7.58. The first-order valence-electron chi connectivity index (χ1n) is 5.86. The van der Waals surface area contributed by atoms with Crippen molar-refractivity contribution >= 4 is 15.7 Å². The Morgan fingerprint density at radius 3 is 2.41 bits per heavy atom. The highest BCUT2D eigenvalue weighted by atomic mass is 32.2. The molecule has 0 aromatic heterocycles. The summed E-state index contributed by atoms with van der Waals surface area (Å²) in [4.78, 5) is 11.8. The van der Waals surface area contributed by atoms with Gasteiger partial charge >= 0.3 is 0 Å². The van der Waals surface area contributed by atoms with E-state index in [1.807, 2.05) is 6.92 Å². The zero-order valence-electron chi connectivity index (χ0n) is 11.1. The van der Waals surface area contributed by atoms with Crippen molar-refractivity contribution < 1.29 is 13.2 Å². The van der Waals surface area contributed by atoms with Crippen molar-refractivity contribution in [1.29, 1.82) is 0 Å². The second-order valence-electron chi connectivity index (χ2n) is 4.96. The molecule has 2 unspecified atom stereocenters. The van der Waals surface area contributed by atoms with Crippen LogP contribution in [0.3, 0.4) is 0 Å². The van der Waals surface area contributed by atoms with Gasteiger partial charge in [-0.25, -0.2) is 8.42 Å². The molecule has 0 aromatic rings. The smallest absolute Gasteiger partial charge is 0.240 e. The monoisotopic (exact) mass is 264 g/mol. The van der Waals surface area contributed by atoms with Crippen molar-refractivity contribution in [2.45, 2.75) is 51.6 Å².